The molecule has 0 spiro atoms. The Morgan fingerprint density at radius 2 is 2.14 bits per heavy atom. The summed E-state index contributed by atoms with van der Waals surface area (Å²) >= 11 is 1.54. The van der Waals surface area contributed by atoms with Crippen molar-refractivity contribution in [3.63, 3.8) is 0 Å². The highest BCUT2D eigenvalue weighted by Crippen LogP contribution is 2.22. The number of thiophene rings is 1. The summed E-state index contributed by atoms with van der Waals surface area (Å²) in [4.78, 5) is 0. The lowest BCUT2D eigenvalue weighted by Crippen LogP contribution is -2.27. The monoisotopic (exact) mass is 223 g/mol. The van der Waals surface area contributed by atoms with Crippen molar-refractivity contribution in [1.29, 1.82) is 0 Å². The number of alkyl halides is 3. The Labute approximate surface area is 84.7 Å². The SMILES string of the molecule is NC(CCc1ccsc1)CC(F)(F)F. The number of nitrogens with two attached hydrogens (primary N) is 1. The molecule has 0 aliphatic heterocycles. The van der Waals surface area contributed by atoms with Gasteiger partial charge in [0.1, 0.15) is 0 Å². The van der Waals surface area contributed by atoms with Crippen LogP contribution in [0.15, 0.2) is 16.8 Å². The average molecular weight is 223 g/mol. The van der Waals surface area contributed by atoms with Gasteiger partial charge in [-0.05, 0) is 35.2 Å². The van der Waals surface area contributed by atoms with E-state index in [9.17, 15) is 13.2 Å². The minimum Gasteiger partial charge on any atom is -0.327 e. The topological polar surface area (TPSA) is 26.0 Å². The third-order valence-corrected chi connectivity index (χ3v) is 2.61. The Hall–Kier alpha value is -0.550. The average Bonchev–Trinajstić information content (AvgIpc) is 2.49. The molecule has 1 rings (SSSR count). The van der Waals surface area contributed by atoms with Gasteiger partial charge in [0.05, 0.1) is 6.42 Å². The van der Waals surface area contributed by atoms with Crippen LogP contribution < -0.4 is 5.73 Å². The van der Waals surface area contributed by atoms with Crippen LogP contribution in [0.2, 0.25) is 0 Å². The van der Waals surface area contributed by atoms with Crippen molar-refractivity contribution >= 4 is 11.3 Å². The number of rotatable bonds is 4. The lowest BCUT2D eigenvalue weighted by Gasteiger charge is -2.13. The highest BCUT2D eigenvalue weighted by Gasteiger charge is 2.29. The molecular formula is C9H12F3NS. The molecule has 0 saturated carbocycles. The standard InChI is InChI=1S/C9H12F3NS/c10-9(11,12)5-8(13)2-1-7-3-4-14-6-7/h3-4,6,8H,1-2,5,13H2. The maximum Gasteiger partial charge on any atom is 0.390 e. The summed E-state index contributed by atoms with van der Waals surface area (Å²) in [6, 6.07) is 1.13. The summed E-state index contributed by atoms with van der Waals surface area (Å²) in [5, 5.41) is 3.84. The molecular weight excluding hydrogens is 211 g/mol. The predicted octanol–water partition coefficient (Wildman–Crippen LogP) is 2.96. The molecule has 1 unspecified atom stereocenters. The van der Waals surface area contributed by atoms with Crippen molar-refractivity contribution in [2.75, 3.05) is 0 Å². The molecule has 1 nitrogen and oxygen atoms in total. The highest BCUT2D eigenvalue weighted by molar-refractivity contribution is 7.07. The number of aryl methyl sites for hydroxylation is 1. The fourth-order valence-corrected chi connectivity index (χ4v) is 1.89. The van der Waals surface area contributed by atoms with Gasteiger partial charge in [-0.15, -0.1) is 0 Å². The van der Waals surface area contributed by atoms with Crippen LogP contribution in [-0.2, 0) is 6.42 Å². The molecule has 0 saturated heterocycles. The van der Waals surface area contributed by atoms with Gasteiger partial charge in [0.15, 0.2) is 0 Å². The van der Waals surface area contributed by atoms with Gasteiger partial charge in [0.25, 0.3) is 0 Å². The predicted molar refractivity (Wildman–Crippen MR) is 51.3 cm³/mol. The van der Waals surface area contributed by atoms with E-state index < -0.39 is 18.6 Å². The second-order valence-electron chi connectivity index (χ2n) is 3.25. The van der Waals surface area contributed by atoms with E-state index in [0.717, 1.165) is 5.56 Å². The molecule has 2 N–H and O–H groups in total. The fourth-order valence-electron chi connectivity index (χ4n) is 1.19. The van der Waals surface area contributed by atoms with Crippen LogP contribution in [-0.4, -0.2) is 12.2 Å². The molecule has 14 heavy (non-hydrogen) atoms. The largest absolute Gasteiger partial charge is 0.390 e. The van der Waals surface area contributed by atoms with Crippen LogP contribution in [0.25, 0.3) is 0 Å². The molecule has 0 amide bonds. The first-order chi connectivity index (χ1) is 6.47. The van der Waals surface area contributed by atoms with E-state index in [0.29, 0.717) is 12.8 Å². The number of hydrogen-bond donors (Lipinski definition) is 1. The quantitative estimate of drug-likeness (QED) is 0.834. The van der Waals surface area contributed by atoms with Crippen LogP contribution in [0.5, 0.6) is 0 Å². The first-order valence-corrected chi connectivity index (χ1v) is 5.25. The Morgan fingerprint density at radius 3 is 2.64 bits per heavy atom. The minimum atomic E-state index is -4.14. The highest BCUT2D eigenvalue weighted by atomic mass is 32.1. The third-order valence-electron chi connectivity index (χ3n) is 1.88. The summed E-state index contributed by atoms with van der Waals surface area (Å²) in [6.07, 6.45) is -4.03. The van der Waals surface area contributed by atoms with E-state index in [1.807, 2.05) is 16.8 Å². The van der Waals surface area contributed by atoms with E-state index in [1.165, 1.54) is 0 Å². The van der Waals surface area contributed by atoms with Gasteiger partial charge in [-0.1, -0.05) is 0 Å². The van der Waals surface area contributed by atoms with Crippen LogP contribution in [0.1, 0.15) is 18.4 Å². The molecule has 1 aromatic rings. The first-order valence-electron chi connectivity index (χ1n) is 4.31. The van der Waals surface area contributed by atoms with Gasteiger partial charge in [0.2, 0.25) is 0 Å². The zero-order chi connectivity index (χ0) is 10.6. The Morgan fingerprint density at radius 1 is 1.43 bits per heavy atom. The molecule has 0 aliphatic carbocycles. The second kappa shape index (κ2) is 4.79. The molecule has 0 radical (unpaired) electrons. The summed E-state index contributed by atoms with van der Waals surface area (Å²) in [5.74, 6) is 0. The van der Waals surface area contributed by atoms with E-state index in [-0.39, 0.29) is 0 Å². The van der Waals surface area contributed by atoms with Crippen LogP contribution >= 0.6 is 11.3 Å². The zero-order valence-electron chi connectivity index (χ0n) is 7.55. The zero-order valence-corrected chi connectivity index (χ0v) is 8.37. The fraction of sp³-hybridized carbons (Fsp3) is 0.556. The molecule has 80 valence electrons. The Kier molecular flexibility index (Phi) is 3.95. The van der Waals surface area contributed by atoms with Gasteiger partial charge in [-0.3, -0.25) is 0 Å². The third kappa shape index (κ3) is 4.62. The second-order valence-corrected chi connectivity index (χ2v) is 4.03. The molecule has 5 heteroatoms. The minimum absolute atomic E-state index is 0.385. The van der Waals surface area contributed by atoms with Crippen LogP contribution in [0.3, 0.4) is 0 Å². The van der Waals surface area contributed by atoms with Crippen molar-refractivity contribution in [3.8, 4) is 0 Å². The summed E-state index contributed by atoms with van der Waals surface area (Å²) < 4.78 is 35.7. The maximum absolute atomic E-state index is 11.9. The normalized spacial score (nSPS) is 14.3. The van der Waals surface area contributed by atoms with Gasteiger partial charge < -0.3 is 5.73 Å². The number of halogens is 3. The van der Waals surface area contributed by atoms with Gasteiger partial charge in [-0.2, -0.15) is 24.5 Å². The molecule has 0 aromatic carbocycles. The summed E-state index contributed by atoms with van der Waals surface area (Å²) in [6.45, 7) is 0. The van der Waals surface area contributed by atoms with Gasteiger partial charge >= 0.3 is 6.18 Å². The lowest BCUT2D eigenvalue weighted by atomic mass is 10.1. The van der Waals surface area contributed by atoms with Crippen molar-refractivity contribution in [1.82, 2.24) is 0 Å². The maximum atomic E-state index is 11.9. The Balaban J connectivity index is 2.25. The molecule has 0 aliphatic rings. The van der Waals surface area contributed by atoms with Crippen molar-refractivity contribution < 1.29 is 13.2 Å². The smallest absolute Gasteiger partial charge is 0.327 e. The molecule has 1 heterocycles. The van der Waals surface area contributed by atoms with Crippen molar-refractivity contribution in [2.24, 2.45) is 5.73 Å². The van der Waals surface area contributed by atoms with Crippen LogP contribution in [0.4, 0.5) is 13.2 Å². The summed E-state index contributed by atoms with van der Waals surface area (Å²) in [7, 11) is 0. The van der Waals surface area contributed by atoms with Gasteiger partial charge in [0, 0.05) is 6.04 Å². The van der Waals surface area contributed by atoms with E-state index in [4.69, 9.17) is 5.73 Å². The summed E-state index contributed by atoms with van der Waals surface area (Å²) in [5.41, 5.74) is 6.42. The van der Waals surface area contributed by atoms with Gasteiger partial charge in [-0.25, -0.2) is 0 Å². The Bertz CT molecular complexity index is 256. The van der Waals surface area contributed by atoms with Crippen molar-refractivity contribution in [2.45, 2.75) is 31.5 Å². The van der Waals surface area contributed by atoms with Crippen LogP contribution in [0, 0.1) is 0 Å². The molecule has 1 aromatic heterocycles. The molecule has 0 fully saturated rings. The number of hydrogen-bond acceptors (Lipinski definition) is 2. The van der Waals surface area contributed by atoms with E-state index >= 15 is 0 Å². The van der Waals surface area contributed by atoms with E-state index in [2.05, 4.69) is 0 Å². The van der Waals surface area contributed by atoms with Crippen molar-refractivity contribution in [3.05, 3.63) is 22.4 Å². The first kappa shape index (κ1) is 11.5. The lowest BCUT2D eigenvalue weighted by molar-refractivity contribution is -0.138. The molecule has 1 atom stereocenters. The molecule has 0 bridgehead atoms. The van der Waals surface area contributed by atoms with E-state index in [1.54, 1.807) is 11.3 Å².